The predicted octanol–water partition coefficient (Wildman–Crippen LogP) is 1.11. The fourth-order valence-electron chi connectivity index (χ4n) is 7.63. The molecule has 1 spiro atoms. The molecule has 1 saturated heterocycles. The number of hydrogen-bond acceptors (Lipinski definition) is 5. The molecule has 4 aliphatic carbocycles. The first-order valence-electron chi connectivity index (χ1n) is 9.19. The third-order valence-corrected chi connectivity index (χ3v) is 8.52. The number of fused-ring (bicyclic) bond motifs is 1. The lowest BCUT2D eigenvalue weighted by molar-refractivity contribution is -0.177. The van der Waals surface area contributed by atoms with Gasteiger partial charge in [0.15, 0.2) is 0 Å². The predicted molar refractivity (Wildman–Crippen MR) is 85.2 cm³/mol. The Kier molecular flexibility index (Phi) is 2.71. The number of esters is 1. The van der Waals surface area contributed by atoms with Crippen LogP contribution in [-0.2, 0) is 14.3 Å². The number of aliphatic hydroxyl groups is 2. The highest BCUT2D eigenvalue weighted by Crippen LogP contribution is 2.77. The number of rotatable bonds is 1. The number of carboxylic acids is 1. The minimum atomic E-state index is -1.27. The van der Waals surface area contributed by atoms with Gasteiger partial charge in [-0.25, -0.2) is 0 Å². The van der Waals surface area contributed by atoms with Gasteiger partial charge in [-0.1, -0.05) is 12.2 Å². The number of aliphatic hydroxyl groups excluding tert-OH is 2. The minimum absolute atomic E-state index is 0.0576. The molecular formula is C19H24O6. The van der Waals surface area contributed by atoms with Gasteiger partial charge in [0.1, 0.15) is 5.60 Å². The van der Waals surface area contributed by atoms with Crippen LogP contribution in [-0.4, -0.2) is 45.1 Å². The van der Waals surface area contributed by atoms with Gasteiger partial charge in [0.25, 0.3) is 0 Å². The molecule has 4 bridgehead atoms. The van der Waals surface area contributed by atoms with Crippen molar-refractivity contribution >= 4 is 11.9 Å². The summed E-state index contributed by atoms with van der Waals surface area (Å²) in [7, 11) is 0. The molecule has 5 fully saturated rings. The van der Waals surface area contributed by atoms with E-state index in [9.17, 15) is 24.9 Å². The summed E-state index contributed by atoms with van der Waals surface area (Å²) in [5.74, 6) is -2.87. The van der Waals surface area contributed by atoms with Crippen LogP contribution in [0.3, 0.4) is 0 Å². The number of ether oxygens (including phenoxy) is 1. The van der Waals surface area contributed by atoms with Gasteiger partial charge in [0.05, 0.1) is 23.5 Å². The number of hydrogen-bond donors (Lipinski definition) is 3. The lowest BCUT2D eigenvalue weighted by Crippen LogP contribution is -2.60. The van der Waals surface area contributed by atoms with Gasteiger partial charge in [-0.05, 0) is 43.9 Å². The van der Waals surface area contributed by atoms with E-state index in [1.165, 1.54) is 0 Å². The van der Waals surface area contributed by atoms with Crippen molar-refractivity contribution in [2.45, 2.75) is 56.8 Å². The summed E-state index contributed by atoms with van der Waals surface area (Å²) in [5, 5.41) is 31.7. The summed E-state index contributed by atoms with van der Waals surface area (Å²) in [6.45, 7) is 5.81. The Labute approximate surface area is 145 Å². The van der Waals surface area contributed by atoms with Crippen LogP contribution in [0, 0.1) is 34.5 Å². The van der Waals surface area contributed by atoms with Crippen molar-refractivity contribution in [2.75, 3.05) is 0 Å². The molecule has 0 amide bonds. The highest BCUT2D eigenvalue weighted by atomic mass is 16.6. The maximum absolute atomic E-state index is 12.7. The quantitative estimate of drug-likeness (QED) is 0.484. The molecule has 9 atom stereocenters. The standard InChI is InChI=1S/C19H24O6/c1-8-6-18-7-9(8)3-4-10(18)19-12(21)5-11(20)17(2,16(24)25-19)14(19)13(18)15(22)23/h9-14,20-21H,1,3-7H2,2H3,(H,22,23)/t9-,10-,11+,12-,13-,14-,17-,18+,19+/m1/s1. The van der Waals surface area contributed by atoms with E-state index in [0.717, 1.165) is 24.8 Å². The Bertz CT molecular complexity index is 717. The summed E-state index contributed by atoms with van der Waals surface area (Å²) >= 11 is 0. The summed E-state index contributed by atoms with van der Waals surface area (Å²) in [6.07, 6.45) is 0.937. The van der Waals surface area contributed by atoms with E-state index in [-0.39, 0.29) is 12.3 Å². The van der Waals surface area contributed by atoms with Crippen LogP contribution in [0.4, 0.5) is 0 Å². The second-order valence-corrected chi connectivity index (χ2v) is 9.19. The van der Waals surface area contributed by atoms with Crippen molar-refractivity contribution in [2.24, 2.45) is 34.5 Å². The number of aliphatic carboxylic acids is 1. The second-order valence-electron chi connectivity index (χ2n) is 9.19. The van der Waals surface area contributed by atoms with Gasteiger partial charge in [-0.2, -0.15) is 0 Å². The Morgan fingerprint density at radius 3 is 2.68 bits per heavy atom. The van der Waals surface area contributed by atoms with Crippen molar-refractivity contribution in [3.63, 3.8) is 0 Å². The van der Waals surface area contributed by atoms with E-state index in [4.69, 9.17) is 4.74 Å². The Hall–Kier alpha value is -1.40. The molecule has 5 aliphatic rings. The number of carbonyl (C=O) groups is 2. The Balaban J connectivity index is 1.78. The zero-order valence-corrected chi connectivity index (χ0v) is 14.3. The van der Waals surface area contributed by atoms with Gasteiger partial charge in [-0.3, -0.25) is 9.59 Å². The van der Waals surface area contributed by atoms with Crippen LogP contribution in [0.25, 0.3) is 0 Å². The molecule has 6 nitrogen and oxygen atoms in total. The topological polar surface area (TPSA) is 104 Å². The molecule has 1 heterocycles. The highest BCUT2D eigenvalue weighted by Gasteiger charge is 2.85. The largest absolute Gasteiger partial charge is 0.481 e. The fourth-order valence-corrected chi connectivity index (χ4v) is 7.63. The summed E-state index contributed by atoms with van der Waals surface area (Å²) in [6, 6.07) is 0. The van der Waals surface area contributed by atoms with Gasteiger partial charge in [0, 0.05) is 18.3 Å². The van der Waals surface area contributed by atoms with E-state index >= 15 is 0 Å². The van der Waals surface area contributed by atoms with E-state index in [0.29, 0.717) is 12.3 Å². The summed E-state index contributed by atoms with van der Waals surface area (Å²) in [5.41, 5.74) is -1.88. The van der Waals surface area contributed by atoms with Crippen LogP contribution in [0.2, 0.25) is 0 Å². The van der Waals surface area contributed by atoms with Gasteiger partial charge < -0.3 is 20.1 Å². The minimum Gasteiger partial charge on any atom is -0.481 e. The third-order valence-electron chi connectivity index (χ3n) is 8.52. The number of carbonyl (C=O) groups excluding carboxylic acids is 1. The maximum Gasteiger partial charge on any atom is 0.315 e. The lowest BCUT2D eigenvalue weighted by atomic mass is 9.58. The third kappa shape index (κ3) is 1.41. The van der Waals surface area contributed by atoms with Gasteiger partial charge in [0.2, 0.25) is 0 Å². The van der Waals surface area contributed by atoms with E-state index in [1.807, 2.05) is 0 Å². The molecule has 0 unspecified atom stereocenters. The Morgan fingerprint density at radius 2 is 2.00 bits per heavy atom. The SMILES string of the molecule is C=C1C[C@]23C[C@H]1CC[C@H]2[C@@]12OC(=O)[C@@](C)([C@H]1[C@@H]3C(=O)O)[C@@H](O)C[C@H]2O. The molecule has 3 N–H and O–H groups in total. The van der Waals surface area contributed by atoms with Crippen molar-refractivity contribution in [3.8, 4) is 0 Å². The average Bonchev–Trinajstić information content (AvgIpc) is 3.01. The van der Waals surface area contributed by atoms with E-state index < -0.39 is 52.4 Å². The van der Waals surface area contributed by atoms with Crippen LogP contribution < -0.4 is 0 Å². The molecule has 1 aliphatic heterocycles. The molecule has 0 aromatic rings. The molecular weight excluding hydrogens is 324 g/mol. The fraction of sp³-hybridized carbons (Fsp3) is 0.789. The van der Waals surface area contributed by atoms with Gasteiger partial charge >= 0.3 is 11.9 Å². The lowest BCUT2D eigenvalue weighted by Gasteiger charge is -2.47. The average molecular weight is 348 g/mol. The molecule has 0 aromatic carbocycles. The zero-order valence-electron chi connectivity index (χ0n) is 14.3. The molecule has 25 heavy (non-hydrogen) atoms. The molecule has 0 aromatic heterocycles. The zero-order chi connectivity index (χ0) is 17.9. The number of allylic oxidation sites excluding steroid dienone is 1. The van der Waals surface area contributed by atoms with E-state index in [1.54, 1.807) is 6.92 Å². The van der Waals surface area contributed by atoms with Gasteiger partial charge in [-0.15, -0.1) is 0 Å². The first-order chi connectivity index (χ1) is 11.7. The Morgan fingerprint density at radius 1 is 1.28 bits per heavy atom. The van der Waals surface area contributed by atoms with Crippen molar-refractivity contribution in [1.82, 2.24) is 0 Å². The van der Waals surface area contributed by atoms with Crippen LogP contribution in [0.15, 0.2) is 12.2 Å². The first-order valence-corrected chi connectivity index (χ1v) is 9.19. The normalized spacial score (nSPS) is 58.7. The molecule has 6 heteroatoms. The number of carboxylic acid groups (broad SMARTS) is 1. The van der Waals surface area contributed by atoms with Crippen molar-refractivity contribution in [3.05, 3.63) is 12.2 Å². The summed E-state index contributed by atoms with van der Waals surface area (Å²) < 4.78 is 5.87. The monoisotopic (exact) mass is 348 g/mol. The highest BCUT2D eigenvalue weighted by molar-refractivity contribution is 5.85. The van der Waals surface area contributed by atoms with Crippen molar-refractivity contribution in [1.29, 1.82) is 0 Å². The van der Waals surface area contributed by atoms with Crippen LogP contribution in [0.5, 0.6) is 0 Å². The summed E-state index contributed by atoms with van der Waals surface area (Å²) in [4.78, 5) is 25.2. The second kappa shape index (κ2) is 4.29. The molecule has 0 radical (unpaired) electrons. The van der Waals surface area contributed by atoms with Crippen molar-refractivity contribution < 1.29 is 29.6 Å². The molecule has 4 saturated carbocycles. The van der Waals surface area contributed by atoms with Crippen LogP contribution in [0.1, 0.15) is 39.0 Å². The smallest absolute Gasteiger partial charge is 0.315 e. The van der Waals surface area contributed by atoms with Crippen LogP contribution >= 0.6 is 0 Å². The first kappa shape index (κ1) is 15.8. The molecule has 136 valence electrons. The van der Waals surface area contributed by atoms with E-state index in [2.05, 4.69) is 6.58 Å². The maximum atomic E-state index is 12.7. The molecule has 5 rings (SSSR count).